The van der Waals surface area contributed by atoms with Crippen molar-refractivity contribution >= 4 is 22.3 Å². The van der Waals surface area contributed by atoms with Crippen molar-refractivity contribution < 1.29 is 4.79 Å². The monoisotopic (exact) mass is 446 g/mol. The molecule has 1 unspecified atom stereocenters. The number of likely N-dealkylation sites (tertiary alicyclic amines) is 1. The first-order chi connectivity index (χ1) is 15.9. The van der Waals surface area contributed by atoms with Gasteiger partial charge in [0.25, 0.3) is 11.1 Å². The summed E-state index contributed by atoms with van der Waals surface area (Å²) < 4.78 is 2.73. The van der Waals surface area contributed by atoms with E-state index < -0.39 is 0 Å². The van der Waals surface area contributed by atoms with Gasteiger partial charge in [-0.25, -0.2) is 14.2 Å². The number of fused-ring (bicyclic) bond motifs is 2. The van der Waals surface area contributed by atoms with Crippen molar-refractivity contribution in [1.82, 2.24) is 29.3 Å². The molecule has 0 bridgehead atoms. The van der Waals surface area contributed by atoms with Crippen LogP contribution >= 0.6 is 0 Å². The van der Waals surface area contributed by atoms with Crippen LogP contribution in [0.15, 0.2) is 46.0 Å². The van der Waals surface area contributed by atoms with E-state index in [1.54, 1.807) is 17.9 Å². The van der Waals surface area contributed by atoms with Crippen molar-refractivity contribution in [1.29, 1.82) is 0 Å². The number of nitrogens with one attached hydrogen (secondary N) is 1. The van der Waals surface area contributed by atoms with E-state index in [0.29, 0.717) is 36.2 Å². The molecule has 3 aromatic heterocycles. The van der Waals surface area contributed by atoms with E-state index in [0.717, 1.165) is 29.6 Å². The number of aryl methyl sites for hydroxylation is 2. The highest BCUT2D eigenvalue weighted by atomic mass is 16.2. The Morgan fingerprint density at radius 1 is 1.18 bits per heavy atom. The second kappa shape index (κ2) is 8.31. The number of nitrogens with zero attached hydrogens (tertiary/aromatic N) is 5. The maximum atomic E-state index is 13.2. The van der Waals surface area contributed by atoms with Crippen LogP contribution in [-0.2, 0) is 17.8 Å². The Balaban J connectivity index is 1.39. The van der Waals surface area contributed by atoms with Crippen molar-refractivity contribution in [3.63, 3.8) is 0 Å². The quantitative estimate of drug-likeness (QED) is 0.516. The van der Waals surface area contributed by atoms with Gasteiger partial charge in [-0.15, -0.1) is 0 Å². The van der Waals surface area contributed by atoms with Crippen molar-refractivity contribution in [2.24, 2.45) is 0 Å². The number of hydrogen-bond acceptors (Lipinski definition) is 5. The molecule has 0 radical (unpaired) electrons. The SMILES string of the molecule is CCc1nn(CC(=O)N2CCCC(c3cc4nc(C)cc(=O)n4[nH]3)C2)c(=O)c2ccccc12. The molecule has 5 rings (SSSR count). The molecular formula is C24H26N6O3. The molecule has 0 spiro atoms. The van der Waals surface area contributed by atoms with Crippen LogP contribution in [0.4, 0.5) is 0 Å². The molecule has 1 aliphatic heterocycles. The number of amides is 1. The number of carbonyl (C=O) groups excluding carboxylic acids is 1. The summed E-state index contributed by atoms with van der Waals surface area (Å²) in [5.74, 6) is -0.0644. The predicted octanol–water partition coefficient (Wildman–Crippen LogP) is 2.01. The van der Waals surface area contributed by atoms with Gasteiger partial charge in [0, 0.05) is 47.9 Å². The smallest absolute Gasteiger partial charge is 0.275 e. The maximum absolute atomic E-state index is 13.2. The summed E-state index contributed by atoms with van der Waals surface area (Å²) in [7, 11) is 0. The highest BCUT2D eigenvalue weighted by Gasteiger charge is 2.27. The fourth-order valence-corrected chi connectivity index (χ4v) is 4.70. The van der Waals surface area contributed by atoms with Gasteiger partial charge in [0.1, 0.15) is 6.54 Å². The fourth-order valence-electron chi connectivity index (χ4n) is 4.70. The molecule has 1 saturated heterocycles. The van der Waals surface area contributed by atoms with Gasteiger partial charge in [-0.1, -0.05) is 25.1 Å². The van der Waals surface area contributed by atoms with Crippen LogP contribution in [0.2, 0.25) is 0 Å². The molecule has 1 aliphatic rings. The number of aromatic nitrogens is 5. The summed E-state index contributed by atoms with van der Waals surface area (Å²) in [5, 5.41) is 9.05. The molecule has 1 amide bonds. The maximum Gasteiger partial charge on any atom is 0.275 e. The third kappa shape index (κ3) is 3.83. The molecule has 1 aromatic carbocycles. The van der Waals surface area contributed by atoms with E-state index in [4.69, 9.17) is 0 Å². The molecule has 1 atom stereocenters. The molecule has 9 nitrogen and oxygen atoms in total. The molecule has 0 aliphatic carbocycles. The van der Waals surface area contributed by atoms with Gasteiger partial charge in [0.05, 0.1) is 11.1 Å². The highest BCUT2D eigenvalue weighted by Crippen LogP contribution is 2.26. The van der Waals surface area contributed by atoms with Crippen LogP contribution in [0.25, 0.3) is 16.4 Å². The minimum Gasteiger partial charge on any atom is -0.340 e. The van der Waals surface area contributed by atoms with E-state index >= 15 is 0 Å². The van der Waals surface area contributed by atoms with Crippen LogP contribution in [-0.4, -0.2) is 48.3 Å². The number of benzene rings is 1. The topological polar surface area (TPSA) is 105 Å². The van der Waals surface area contributed by atoms with Gasteiger partial charge in [0.2, 0.25) is 5.91 Å². The lowest BCUT2D eigenvalue weighted by Gasteiger charge is -2.32. The number of rotatable bonds is 4. The molecule has 9 heteroatoms. The van der Waals surface area contributed by atoms with Crippen molar-refractivity contribution in [3.05, 3.63) is 74.2 Å². The number of aromatic amines is 1. The van der Waals surface area contributed by atoms with Crippen LogP contribution in [0.5, 0.6) is 0 Å². The zero-order chi connectivity index (χ0) is 23.1. The van der Waals surface area contributed by atoms with Gasteiger partial charge in [0.15, 0.2) is 5.65 Å². The molecule has 4 aromatic rings. The molecule has 1 N–H and O–H groups in total. The number of H-pyrrole nitrogens is 1. The summed E-state index contributed by atoms with van der Waals surface area (Å²) in [4.78, 5) is 44.5. The third-order valence-electron chi connectivity index (χ3n) is 6.38. The van der Waals surface area contributed by atoms with Gasteiger partial charge in [-0.05, 0) is 32.3 Å². The lowest BCUT2D eigenvalue weighted by Crippen LogP contribution is -2.42. The number of carbonyl (C=O) groups is 1. The van der Waals surface area contributed by atoms with Gasteiger partial charge >= 0.3 is 0 Å². The summed E-state index contributed by atoms with van der Waals surface area (Å²) in [6, 6.07) is 10.8. The lowest BCUT2D eigenvalue weighted by molar-refractivity contribution is -0.133. The van der Waals surface area contributed by atoms with Gasteiger partial charge in [-0.3, -0.25) is 19.5 Å². The van der Waals surface area contributed by atoms with Crippen molar-refractivity contribution in [2.45, 2.75) is 45.6 Å². The normalized spacial score (nSPS) is 16.5. The first kappa shape index (κ1) is 21.1. The molecule has 170 valence electrons. The minimum atomic E-state index is -0.249. The van der Waals surface area contributed by atoms with E-state index in [1.165, 1.54) is 15.3 Å². The summed E-state index contributed by atoms with van der Waals surface area (Å²) >= 11 is 0. The van der Waals surface area contributed by atoms with E-state index in [2.05, 4.69) is 15.2 Å². The minimum absolute atomic E-state index is 0.0663. The number of piperidine rings is 1. The zero-order valence-electron chi connectivity index (χ0n) is 18.7. The van der Waals surface area contributed by atoms with Gasteiger partial charge < -0.3 is 4.90 Å². The molecule has 1 fully saturated rings. The second-order valence-corrected chi connectivity index (χ2v) is 8.63. The number of hydrogen-bond donors (Lipinski definition) is 1. The molecule has 0 saturated carbocycles. The van der Waals surface area contributed by atoms with E-state index in [9.17, 15) is 14.4 Å². The Bertz CT molecular complexity index is 1480. The Hall–Kier alpha value is -3.75. The summed E-state index contributed by atoms with van der Waals surface area (Å²) in [5.41, 5.74) is 2.54. The standard InChI is InChI=1S/C24H26N6O3/c1-3-19-17-8-4-5-9-18(17)24(33)29(26-19)14-23(32)28-10-6-7-16(13-28)20-12-21-25-15(2)11-22(31)30(21)27-20/h4-5,8-9,11-12,16,27H,3,6-7,10,13-14H2,1-2H3. The molecule has 33 heavy (non-hydrogen) atoms. The molecular weight excluding hydrogens is 420 g/mol. The van der Waals surface area contributed by atoms with E-state index in [-0.39, 0.29) is 29.5 Å². The Labute approximate surface area is 189 Å². The Kier molecular flexibility index (Phi) is 5.32. The first-order valence-electron chi connectivity index (χ1n) is 11.3. The highest BCUT2D eigenvalue weighted by molar-refractivity contribution is 5.84. The average molecular weight is 447 g/mol. The van der Waals surface area contributed by atoms with Gasteiger partial charge in [-0.2, -0.15) is 5.10 Å². The fraction of sp³-hybridized carbons (Fsp3) is 0.375. The lowest BCUT2D eigenvalue weighted by atomic mass is 9.95. The predicted molar refractivity (Wildman–Crippen MR) is 124 cm³/mol. The Morgan fingerprint density at radius 3 is 2.76 bits per heavy atom. The van der Waals surface area contributed by atoms with Crippen LogP contribution in [0, 0.1) is 6.92 Å². The van der Waals surface area contributed by atoms with E-state index in [1.807, 2.05) is 31.2 Å². The largest absolute Gasteiger partial charge is 0.340 e. The van der Waals surface area contributed by atoms with Crippen LogP contribution < -0.4 is 11.1 Å². The summed E-state index contributed by atoms with van der Waals surface area (Å²) in [6.45, 7) is 4.85. The average Bonchev–Trinajstić information content (AvgIpc) is 3.25. The van der Waals surface area contributed by atoms with Crippen LogP contribution in [0.1, 0.15) is 42.8 Å². The van der Waals surface area contributed by atoms with Crippen LogP contribution in [0.3, 0.4) is 0 Å². The van der Waals surface area contributed by atoms with Crippen molar-refractivity contribution in [2.75, 3.05) is 13.1 Å². The van der Waals surface area contributed by atoms with Crippen molar-refractivity contribution in [3.8, 4) is 0 Å². The summed E-state index contributed by atoms with van der Waals surface area (Å²) in [6.07, 6.45) is 2.42. The molecule has 4 heterocycles. The Morgan fingerprint density at radius 2 is 1.97 bits per heavy atom. The zero-order valence-corrected chi connectivity index (χ0v) is 18.7. The first-order valence-corrected chi connectivity index (χ1v) is 11.3. The third-order valence-corrected chi connectivity index (χ3v) is 6.38. The second-order valence-electron chi connectivity index (χ2n) is 8.63.